The fraction of sp³-hybridized carbons (Fsp3) is 0.625. The summed E-state index contributed by atoms with van der Waals surface area (Å²) >= 11 is 0. The minimum absolute atomic E-state index is 0.0313. The van der Waals surface area contributed by atoms with Gasteiger partial charge in [-0.2, -0.15) is 10.5 Å². The van der Waals surface area contributed by atoms with Crippen LogP contribution in [0.5, 0.6) is 0 Å². The number of nitriles is 2. The maximum atomic E-state index is 11.8. The highest BCUT2D eigenvalue weighted by Gasteiger charge is 2.37. The molecule has 0 radical (unpaired) electrons. The highest BCUT2D eigenvalue weighted by atomic mass is 16.4. The maximum Gasteiger partial charge on any atom is 0.309 e. The van der Waals surface area contributed by atoms with E-state index in [1.165, 1.54) is 12.4 Å². The molecule has 0 aliphatic heterocycles. The van der Waals surface area contributed by atoms with Gasteiger partial charge in [0.05, 0.1) is 5.41 Å². The Hall–Kier alpha value is -3.14. The standard InChI is InChI=1S/C16H22N4O6/c17-10-19-12(21)4-1-7-16(15(25)26,9-3-6-14(23)24)8-2-5-13(22)20-11-18/h1-9H2,(H,19,21)(H,20,22)(H,23,24)(H,25,26). The van der Waals surface area contributed by atoms with Gasteiger partial charge in [-0.15, -0.1) is 0 Å². The van der Waals surface area contributed by atoms with Crippen molar-refractivity contribution in [3.05, 3.63) is 0 Å². The third-order valence-electron chi connectivity index (χ3n) is 4.01. The highest BCUT2D eigenvalue weighted by molar-refractivity contribution is 5.78. The molecular formula is C16H22N4O6. The molecule has 0 unspecified atom stereocenters. The average Bonchev–Trinajstić information content (AvgIpc) is 2.54. The molecule has 0 atom stereocenters. The van der Waals surface area contributed by atoms with Crippen LogP contribution in [-0.4, -0.2) is 34.0 Å². The maximum absolute atomic E-state index is 11.8. The molecule has 0 rings (SSSR count). The van der Waals surface area contributed by atoms with Gasteiger partial charge >= 0.3 is 11.9 Å². The predicted molar refractivity (Wildman–Crippen MR) is 86.8 cm³/mol. The fourth-order valence-corrected chi connectivity index (χ4v) is 2.70. The Morgan fingerprint density at radius 3 is 1.46 bits per heavy atom. The van der Waals surface area contributed by atoms with Gasteiger partial charge in [-0.25, -0.2) is 0 Å². The van der Waals surface area contributed by atoms with Crippen molar-refractivity contribution in [2.45, 2.75) is 57.8 Å². The summed E-state index contributed by atoms with van der Waals surface area (Å²) < 4.78 is 0. The Morgan fingerprint density at radius 2 is 1.15 bits per heavy atom. The van der Waals surface area contributed by atoms with Gasteiger partial charge in [-0.3, -0.25) is 29.8 Å². The third kappa shape index (κ3) is 9.23. The lowest BCUT2D eigenvalue weighted by Gasteiger charge is -2.29. The van der Waals surface area contributed by atoms with E-state index in [0.29, 0.717) is 0 Å². The summed E-state index contributed by atoms with van der Waals surface area (Å²) in [7, 11) is 0. The molecule has 4 N–H and O–H groups in total. The van der Waals surface area contributed by atoms with Crippen LogP contribution in [0.1, 0.15) is 57.8 Å². The van der Waals surface area contributed by atoms with Crippen molar-refractivity contribution >= 4 is 23.8 Å². The smallest absolute Gasteiger partial charge is 0.309 e. The second kappa shape index (κ2) is 12.3. The van der Waals surface area contributed by atoms with Gasteiger partial charge < -0.3 is 10.2 Å². The van der Waals surface area contributed by atoms with Crippen molar-refractivity contribution in [2.75, 3.05) is 0 Å². The van der Waals surface area contributed by atoms with E-state index >= 15 is 0 Å². The number of carboxylic acid groups (broad SMARTS) is 2. The Kier molecular flexibility index (Phi) is 10.8. The normalized spacial score (nSPS) is 10.2. The minimum Gasteiger partial charge on any atom is -0.481 e. The second-order valence-corrected chi connectivity index (χ2v) is 5.86. The summed E-state index contributed by atoms with van der Waals surface area (Å²) in [4.78, 5) is 45.2. The number of carbonyl (C=O) groups excluding carboxylic acids is 2. The zero-order valence-corrected chi connectivity index (χ0v) is 14.3. The lowest BCUT2D eigenvalue weighted by Crippen LogP contribution is -2.32. The Bertz CT molecular complexity index is 571. The Morgan fingerprint density at radius 1 is 0.769 bits per heavy atom. The molecule has 2 amide bonds. The van der Waals surface area contributed by atoms with Crippen molar-refractivity contribution in [2.24, 2.45) is 5.41 Å². The third-order valence-corrected chi connectivity index (χ3v) is 4.01. The van der Waals surface area contributed by atoms with Gasteiger partial charge in [0.15, 0.2) is 12.4 Å². The van der Waals surface area contributed by atoms with Gasteiger partial charge in [0.2, 0.25) is 11.8 Å². The first-order valence-corrected chi connectivity index (χ1v) is 8.08. The van der Waals surface area contributed by atoms with Crippen LogP contribution in [0.15, 0.2) is 0 Å². The van der Waals surface area contributed by atoms with Crippen LogP contribution in [0.4, 0.5) is 0 Å². The number of amides is 2. The molecular weight excluding hydrogens is 344 g/mol. The van der Waals surface area contributed by atoms with Crippen LogP contribution < -0.4 is 10.6 Å². The lowest BCUT2D eigenvalue weighted by atomic mass is 9.74. The number of nitrogens with zero attached hydrogens (tertiary/aromatic N) is 2. The molecule has 26 heavy (non-hydrogen) atoms. The van der Waals surface area contributed by atoms with Crippen molar-refractivity contribution in [3.8, 4) is 12.4 Å². The Balaban J connectivity index is 4.93. The summed E-state index contributed by atoms with van der Waals surface area (Å²) in [5.41, 5.74) is -1.27. The molecule has 0 heterocycles. The first kappa shape index (κ1) is 22.9. The van der Waals surface area contributed by atoms with Crippen LogP contribution >= 0.6 is 0 Å². The van der Waals surface area contributed by atoms with Crippen LogP contribution in [0, 0.1) is 28.3 Å². The molecule has 0 fully saturated rings. The number of aliphatic carboxylic acids is 2. The van der Waals surface area contributed by atoms with E-state index in [-0.39, 0.29) is 57.8 Å². The van der Waals surface area contributed by atoms with Crippen LogP contribution in [-0.2, 0) is 19.2 Å². The molecule has 0 aromatic heterocycles. The minimum atomic E-state index is -1.27. The monoisotopic (exact) mass is 366 g/mol. The molecule has 0 aliphatic carbocycles. The molecule has 10 nitrogen and oxygen atoms in total. The SMILES string of the molecule is N#CNC(=O)CCCC(CCCC(=O)O)(CCCC(=O)NC#N)C(=O)O. The van der Waals surface area contributed by atoms with Gasteiger partial charge in [-0.1, -0.05) is 0 Å². The quantitative estimate of drug-likeness (QED) is 0.273. The van der Waals surface area contributed by atoms with Crippen molar-refractivity contribution < 1.29 is 29.4 Å². The number of carboxylic acids is 2. The number of nitrogens with one attached hydrogen (secondary N) is 2. The number of rotatable bonds is 13. The van der Waals surface area contributed by atoms with Gasteiger partial charge in [0.1, 0.15) is 0 Å². The van der Waals surface area contributed by atoms with E-state index in [1.54, 1.807) is 0 Å². The van der Waals surface area contributed by atoms with E-state index in [9.17, 15) is 24.3 Å². The number of hydrogen-bond acceptors (Lipinski definition) is 6. The van der Waals surface area contributed by atoms with Crippen LogP contribution in [0.3, 0.4) is 0 Å². The van der Waals surface area contributed by atoms with E-state index in [2.05, 4.69) is 0 Å². The largest absolute Gasteiger partial charge is 0.481 e. The molecule has 0 aromatic rings. The Labute approximate surface area is 150 Å². The highest BCUT2D eigenvalue weighted by Crippen LogP contribution is 2.37. The summed E-state index contributed by atoms with van der Waals surface area (Å²) in [6, 6.07) is 0. The molecule has 0 saturated carbocycles. The van der Waals surface area contributed by atoms with Gasteiger partial charge in [0.25, 0.3) is 0 Å². The van der Waals surface area contributed by atoms with Gasteiger partial charge in [-0.05, 0) is 38.5 Å². The van der Waals surface area contributed by atoms with Crippen molar-refractivity contribution in [1.82, 2.24) is 10.6 Å². The summed E-state index contributed by atoms with van der Waals surface area (Å²) in [6.45, 7) is 0. The van der Waals surface area contributed by atoms with E-state index in [1.807, 2.05) is 10.6 Å². The molecule has 0 bridgehead atoms. The number of hydrogen-bond donors (Lipinski definition) is 4. The first-order valence-electron chi connectivity index (χ1n) is 8.08. The first-order chi connectivity index (χ1) is 12.3. The molecule has 0 saturated heterocycles. The van der Waals surface area contributed by atoms with Gasteiger partial charge in [0, 0.05) is 19.3 Å². The molecule has 0 aliphatic rings. The fourth-order valence-electron chi connectivity index (χ4n) is 2.70. The van der Waals surface area contributed by atoms with Crippen LogP contribution in [0.25, 0.3) is 0 Å². The predicted octanol–water partition coefficient (Wildman–Crippen LogP) is 0.847. The summed E-state index contributed by atoms with van der Waals surface area (Å²) in [5.74, 6) is -3.20. The summed E-state index contributed by atoms with van der Waals surface area (Å²) in [5, 5.41) is 39.1. The number of carbonyl (C=O) groups is 4. The molecule has 0 spiro atoms. The molecule has 10 heteroatoms. The molecule has 0 aromatic carbocycles. The zero-order valence-electron chi connectivity index (χ0n) is 14.3. The van der Waals surface area contributed by atoms with E-state index in [0.717, 1.165) is 0 Å². The van der Waals surface area contributed by atoms with E-state index in [4.69, 9.17) is 15.6 Å². The van der Waals surface area contributed by atoms with Crippen molar-refractivity contribution in [1.29, 1.82) is 10.5 Å². The lowest BCUT2D eigenvalue weighted by molar-refractivity contribution is -0.151. The summed E-state index contributed by atoms with van der Waals surface area (Å²) in [6.07, 6.45) is 3.61. The molecule has 142 valence electrons. The average molecular weight is 366 g/mol. The second-order valence-electron chi connectivity index (χ2n) is 5.86. The van der Waals surface area contributed by atoms with Crippen LogP contribution in [0.2, 0.25) is 0 Å². The van der Waals surface area contributed by atoms with Crippen molar-refractivity contribution in [3.63, 3.8) is 0 Å². The zero-order chi connectivity index (χ0) is 20.0. The van der Waals surface area contributed by atoms with E-state index < -0.39 is 29.2 Å². The topological polar surface area (TPSA) is 180 Å².